The number of rotatable bonds is 5. The van der Waals surface area contributed by atoms with E-state index >= 15 is 0 Å². The van der Waals surface area contributed by atoms with Crippen LogP contribution in [-0.4, -0.2) is 22.0 Å². The van der Waals surface area contributed by atoms with E-state index in [2.05, 4.69) is 10.2 Å². The molecule has 1 heterocycles. The second-order valence-electron chi connectivity index (χ2n) is 5.18. The van der Waals surface area contributed by atoms with E-state index in [0.29, 0.717) is 11.0 Å². The summed E-state index contributed by atoms with van der Waals surface area (Å²) in [6, 6.07) is 16.0. The number of thioether (sulfide) groups is 1. The van der Waals surface area contributed by atoms with Crippen molar-refractivity contribution in [3.8, 4) is 17.1 Å². The number of aromatic nitrogens is 3. The maximum absolute atomic E-state index is 6.13. The Bertz CT molecular complexity index is 781. The molecule has 0 saturated heterocycles. The molecule has 118 valence electrons. The predicted octanol–water partition coefficient (Wildman–Crippen LogP) is 3.27. The minimum Gasteiger partial charge on any atom is -0.497 e. The molecule has 0 unspecified atom stereocenters. The fourth-order valence-electron chi connectivity index (χ4n) is 2.14. The molecule has 3 rings (SSSR count). The fraction of sp³-hybridized carbons (Fsp3) is 0.176. The van der Waals surface area contributed by atoms with Crippen LogP contribution < -0.4 is 10.6 Å². The van der Waals surface area contributed by atoms with Gasteiger partial charge in [0.2, 0.25) is 5.16 Å². The number of nitrogen functional groups attached to an aromatic ring is 1. The molecular formula is C17H18N4OS. The lowest BCUT2D eigenvalue weighted by molar-refractivity contribution is 0.414. The van der Waals surface area contributed by atoms with E-state index in [9.17, 15) is 0 Å². The summed E-state index contributed by atoms with van der Waals surface area (Å²) in [5.74, 6) is 8.42. The molecule has 0 fully saturated rings. The quantitative estimate of drug-likeness (QED) is 0.576. The lowest BCUT2D eigenvalue weighted by Crippen LogP contribution is -2.11. The Morgan fingerprint density at radius 2 is 1.74 bits per heavy atom. The number of nitrogens with two attached hydrogens (primary N) is 1. The van der Waals surface area contributed by atoms with Crippen molar-refractivity contribution < 1.29 is 4.74 Å². The standard InChI is InChI=1S/C17H18N4OS/c1-12-3-7-14(8-4-12)16-19-20-17(21(16)18)23-11-13-5-9-15(22-2)10-6-13/h3-10H,11,18H2,1-2H3. The first-order valence-electron chi connectivity index (χ1n) is 7.20. The molecule has 2 aromatic carbocycles. The molecular weight excluding hydrogens is 308 g/mol. The molecule has 6 heteroatoms. The molecule has 0 radical (unpaired) electrons. The third kappa shape index (κ3) is 3.48. The average molecular weight is 326 g/mol. The number of ether oxygens (including phenoxy) is 1. The van der Waals surface area contributed by atoms with Crippen LogP contribution in [0.25, 0.3) is 11.4 Å². The molecule has 0 aliphatic heterocycles. The van der Waals surface area contributed by atoms with Crippen molar-refractivity contribution >= 4 is 11.8 Å². The number of methoxy groups -OCH3 is 1. The van der Waals surface area contributed by atoms with Gasteiger partial charge in [0.1, 0.15) is 5.75 Å². The maximum Gasteiger partial charge on any atom is 0.210 e. The van der Waals surface area contributed by atoms with Gasteiger partial charge in [-0.25, -0.2) is 4.68 Å². The zero-order valence-electron chi connectivity index (χ0n) is 13.1. The Morgan fingerprint density at radius 1 is 1.04 bits per heavy atom. The van der Waals surface area contributed by atoms with Crippen molar-refractivity contribution in [2.75, 3.05) is 13.0 Å². The van der Waals surface area contributed by atoms with Gasteiger partial charge in [0.25, 0.3) is 0 Å². The second-order valence-corrected chi connectivity index (χ2v) is 6.12. The Hall–Kier alpha value is -2.47. The van der Waals surface area contributed by atoms with Crippen molar-refractivity contribution in [1.82, 2.24) is 14.9 Å². The minimum atomic E-state index is 0.669. The van der Waals surface area contributed by atoms with E-state index in [-0.39, 0.29) is 0 Å². The number of aryl methyl sites for hydroxylation is 1. The largest absolute Gasteiger partial charge is 0.497 e. The lowest BCUT2D eigenvalue weighted by atomic mass is 10.1. The van der Waals surface area contributed by atoms with Gasteiger partial charge in [-0.05, 0) is 24.6 Å². The molecule has 2 N–H and O–H groups in total. The van der Waals surface area contributed by atoms with Crippen LogP contribution in [0.1, 0.15) is 11.1 Å². The molecule has 0 aliphatic carbocycles. The monoisotopic (exact) mass is 326 g/mol. The summed E-state index contributed by atoms with van der Waals surface area (Å²) in [5.41, 5.74) is 3.34. The van der Waals surface area contributed by atoms with Gasteiger partial charge >= 0.3 is 0 Å². The number of nitrogens with zero attached hydrogens (tertiary/aromatic N) is 3. The summed E-state index contributed by atoms with van der Waals surface area (Å²) in [5, 5.41) is 9.08. The van der Waals surface area contributed by atoms with E-state index < -0.39 is 0 Å². The molecule has 0 spiro atoms. The summed E-state index contributed by atoms with van der Waals surface area (Å²) in [6.07, 6.45) is 0. The molecule has 0 bridgehead atoms. The van der Waals surface area contributed by atoms with Crippen molar-refractivity contribution in [3.63, 3.8) is 0 Å². The van der Waals surface area contributed by atoms with Crippen LogP contribution in [0, 0.1) is 6.92 Å². The summed E-state index contributed by atoms with van der Waals surface area (Å²) in [6.45, 7) is 2.05. The average Bonchev–Trinajstić information content (AvgIpc) is 2.95. The van der Waals surface area contributed by atoms with Crippen molar-refractivity contribution in [2.45, 2.75) is 17.8 Å². The van der Waals surface area contributed by atoms with Gasteiger partial charge in [0.15, 0.2) is 5.82 Å². The van der Waals surface area contributed by atoms with E-state index in [0.717, 1.165) is 17.1 Å². The Labute approximate surface area is 139 Å². The predicted molar refractivity (Wildman–Crippen MR) is 92.9 cm³/mol. The molecule has 0 atom stereocenters. The lowest BCUT2D eigenvalue weighted by Gasteiger charge is -2.05. The zero-order chi connectivity index (χ0) is 16.2. The van der Waals surface area contributed by atoms with Crippen molar-refractivity contribution in [3.05, 3.63) is 59.7 Å². The van der Waals surface area contributed by atoms with E-state index in [1.807, 2.05) is 55.5 Å². The van der Waals surface area contributed by atoms with Gasteiger partial charge in [0, 0.05) is 11.3 Å². The molecule has 5 nitrogen and oxygen atoms in total. The summed E-state index contributed by atoms with van der Waals surface area (Å²) < 4.78 is 6.70. The highest BCUT2D eigenvalue weighted by Crippen LogP contribution is 2.25. The van der Waals surface area contributed by atoms with Gasteiger partial charge in [-0.1, -0.05) is 53.7 Å². The Balaban J connectivity index is 1.72. The second kappa shape index (κ2) is 6.75. The zero-order valence-corrected chi connectivity index (χ0v) is 13.9. The smallest absolute Gasteiger partial charge is 0.210 e. The third-order valence-electron chi connectivity index (χ3n) is 3.50. The van der Waals surface area contributed by atoms with E-state index in [1.165, 1.54) is 11.1 Å². The van der Waals surface area contributed by atoms with Gasteiger partial charge in [-0.3, -0.25) is 0 Å². The summed E-state index contributed by atoms with van der Waals surface area (Å²) in [7, 11) is 1.66. The summed E-state index contributed by atoms with van der Waals surface area (Å²) in [4.78, 5) is 0. The van der Waals surface area contributed by atoms with Gasteiger partial charge in [-0.15, -0.1) is 10.2 Å². The van der Waals surface area contributed by atoms with Crippen LogP contribution in [0.5, 0.6) is 5.75 Å². The highest BCUT2D eigenvalue weighted by Gasteiger charge is 2.12. The number of hydrogen-bond acceptors (Lipinski definition) is 5. The molecule has 23 heavy (non-hydrogen) atoms. The Morgan fingerprint density at radius 3 is 2.39 bits per heavy atom. The van der Waals surface area contributed by atoms with Crippen LogP contribution >= 0.6 is 11.8 Å². The van der Waals surface area contributed by atoms with Gasteiger partial charge < -0.3 is 10.6 Å². The Kier molecular flexibility index (Phi) is 4.52. The molecule has 1 aromatic heterocycles. The molecule has 0 aliphatic rings. The van der Waals surface area contributed by atoms with Gasteiger partial charge in [0.05, 0.1) is 7.11 Å². The van der Waals surface area contributed by atoms with Crippen LogP contribution in [0.2, 0.25) is 0 Å². The third-order valence-corrected chi connectivity index (χ3v) is 4.52. The number of hydrogen-bond donors (Lipinski definition) is 1. The minimum absolute atomic E-state index is 0.669. The van der Waals surface area contributed by atoms with Crippen LogP contribution in [0.3, 0.4) is 0 Å². The normalized spacial score (nSPS) is 10.7. The molecule has 0 saturated carbocycles. The molecule has 0 amide bonds. The van der Waals surface area contributed by atoms with Crippen molar-refractivity contribution in [2.24, 2.45) is 0 Å². The first-order valence-corrected chi connectivity index (χ1v) is 8.19. The summed E-state index contributed by atoms with van der Waals surface area (Å²) >= 11 is 1.56. The highest BCUT2D eigenvalue weighted by molar-refractivity contribution is 7.98. The first kappa shape index (κ1) is 15.4. The highest BCUT2D eigenvalue weighted by atomic mass is 32.2. The maximum atomic E-state index is 6.13. The SMILES string of the molecule is COc1ccc(CSc2nnc(-c3ccc(C)cc3)n2N)cc1. The van der Waals surface area contributed by atoms with E-state index in [4.69, 9.17) is 10.6 Å². The fourth-order valence-corrected chi connectivity index (χ4v) is 2.96. The molecule has 3 aromatic rings. The topological polar surface area (TPSA) is 66.0 Å². The first-order chi connectivity index (χ1) is 11.2. The van der Waals surface area contributed by atoms with Gasteiger partial charge in [-0.2, -0.15) is 0 Å². The van der Waals surface area contributed by atoms with Crippen LogP contribution in [0.15, 0.2) is 53.7 Å². The van der Waals surface area contributed by atoms with Crippen LogP contribution in [0.4, 0.5) is 0 Å². The van der Waals surface area contributed by atoms with E-state index in [1.54, 1.807) is 23.5 Å². The van der Waals surface area contributed by atoms with Crippen molar-refractivity contribution in [1.29, 1.82) is 0 Å². The number of benzene rings is 2. The van der Waals surface area contributed by atoms with Crippen LogP contribution in [-0.2, 0) is 5.75 Å².